The number of hydrogen-bond donors (Lipinski definition) is 1. The maximum Gasteiger partial charge on any atom is 0.276 e. The number of ether oxygens (including phenoxy) is 1. The Morgan fingerprint density at radius 2 is 1.94 bits per heavy atom. The number of aryl methyl sites for hydroxylation is 1. The summed E-state index contributed by atoms with van der Waals surface area (Å²) in [6.45, 7) is 2.37. The number of halogens is 4. The van der Waals surface area contributed by atoms with Gasteiger partial charge >= 0.3 is 0 Å². The molecule has 0 spiro atoms. The maximum atomic E-state index is 13.7. The summed E-state index contributed by atoms with van der Waals surface area (Å²) < 4.78 is 66.0. The van der Waals surface area contributed by atoms with Gasteiger partial charge in [-0.2, -0.15) is 13.9 Å². The maximum absolute atomic E-state index is 13.7. The van der Waals surface area contributed by atoms with Gasteiger partial charge in [0, 0.05) is 30.4 Å². The Morgan fingerprint density at radius 3 is 2.61 bits per heavy atom. The zero-order chi connectivity index (χ0) is 23.7. The summed E-state index contributed by atoms with van der Waals surface area (Å²) >= 11 is 5.23. The molecule has 1 aliphatic rings. The number of amides is 1. The van der Waals surface area contributed by atoms with Crippen molar-refractivity contribution in [3.05, 3.63) is 76.6 Å². The molecular formula is C21H16F4N4O3S. The summed E-state index contributed by atoms with van der Waals surface area (Å²) in [4.78, 5) is 14.1. The van der Waals surface area contributed by atoms with Crippen molar-refractivity contribution in [1.29, 1.82) is 0 Å². The largest absolute Gasteiger partial charge is 0.479 e. The third kappa shape index (κ3) is 4.60. The summed E-state index contributed by atoms with van der Waals surface area (Å²) in [6.07, 6.45) is 4.86. The van der Waals surface area contributed by atoms with Crippen LogP contribution >= 0.6 is 12.2 Å². The number of benzene rings is 1. The van der Waals surface area contributed by atoms with Crippen molar-refractivity contribution in [3.8, 4) is 5.75 Å². The van der Waals surface area contributed by atoms with E-state index in [0.717, 1.165) is 5.56 Å². The second-order valence-corrected chi connectivity index (χ2v) is 7.36. The van der Waals surface area contributed by atoms with Crippen LogP contribution in [0, 0.1) is 23.3 Å². The highest BCUT2D eigenvalue weighted by atomic mass is 32.1. The molecular weight excluding hydrogens is 464 g/mol. The van der Waals surface area contributed by atoms with Crippen molar-refractivity contribution >= 4 is 29.3 Å². The fourth-order valence-corrected chi connectivity index (χ4v) is 3.33. The predicted molar refractivity (Wildman–Crippen MR) is 111 cm³/mol. The van der Waals surface area contributed by atoms with Gasteiger partial charge in [0.05, 0.1) is 12.7 Å². The van der Waals surface area contributed by atoms with Crippen molar-refractivity contribution < 1.29 is 31.5 Å². The molecule has 1 N–H and O–H groups in total. The minimum atomic E-state index is -1.65. The molecule has 3 heterocycles. The highest BCUT2D eigenvalue weighted by Crippen LogP contribution is 2.27. The van der Waals surface area contributed by atoms with Gasteiger partial charge in [0.15, 0.2) is 22.5 Å². The molecule has 1 amide bonds. The van der Waals surface area contributed by atoms with Gasteiger partial charge in [-0.3, -0.25) is 14.4 Å². The second-order valence-electron chi connectivity index (χ2n) is 6.97. The van der Waals surface area contributed by atoms with Gasteiger partial charge in [0.1, 0.15) is 23.8 Å². The molecule has 1 fully saturated rings. The molecule has 33 heavy (non-hydrogen) atoms. The van der Waals surface area contributed by atoms with Gasteiger partial charge in [0.25, 0.3) is 5.91 Å². The van der Waals surface area contributed by atoms with Gasteiger partial charge in [-0.1, -0.05) is 0 Å². The molecule has 1 aromatic carbocycles. The number of hydrogen-bond acceptors (Lipinski definition) is 5. The lowest BCUT2D eigenvalue weighted by Gasteiger charge is -2.12. The van der Waals surface area contributed by atoms with E-state index in [1.54, 1.807) is 10.9 Å². The van der Waals surface area contributed by atoms with Crippen LogP contribution < -0.4 is 10.1 Å². The third-order valence-electron chi connectivity index (χ3n) is 4.71. The molecule has 4 rings (SSSR count). The molecule has 0 aliphatic carbocycles. The monoisotopic (exact) mass is 480 g/mol. The third-order valence-corrected chi connectivity index (χ3v) is 5.04. The minimum Gasteiger partial charge on any atom is -0.479 e. The van der Waals surface area contributed by atoms with Gasteiger partial charge in [-0.25, -0.2) is 8.78 Å². The van der Waals surface area contributed by atoms with Crippen LogP contribution in [0.2, 0.25) is 0 Å². The van der Waals surface area contributed by atoms with Crippen LogP contribution in [0.5, 0.6) is 5.75 Å². The van der Waals surface area contributed by atoms with Crippen LogP contribution in [0.3, 0.4) is 0 Å². The van der Waals surface area contributed by atoms with Crippen LogP contribution in [0.25, 0.3) is 6.08 Å². The Hall–Kier alpha value is -3.67. The smallest absolute Gasteiger partial charge is 0.276 e. The average molecular weight is 480 g/mol. The highest BCUT2D eigenvalue weighted by molar-refractivity contribution is 7.80. The van der Waals surface area contributed by atoms with E-state index < -0.39 is 35.6 Å². The van der Waals surface area contributed by atoms with Crippen LogP contribution in [-0.2, 0) is 24.5 Å². The number of carbonyl (C=O) groups excluding carboxylic acids is 1. The lowest BCUT2D eigenvalue weighted by Crippen LogP contribution is -2.29. The van der Waals surface area contributed by atoms with Crippen LogP contribution in [0.15, 0.2) is 40.7 Å². The molecule has 1 saturated heterocycles. The Kier molecular flexibility index (Phi) is 6.18. The fourth-order valence-electron chi connectivity index (χ4n) is 3.07. The first-order valence-corrected chi connectivity index (χ1v) is 10.1. The van der Waals surface area contributed by atoms with E-state index in [4.69, 9.17) is 21.4 Å². The Bertz CT molecular complexity index is 1240. The van der Waals surface area contributed by atoms with E-state index >= 15 is 0 Å². The highest BCUT2D eigenvalue weighted by Gasteiger charge is 2.31. The van der Waals surface area contributed by atoms with Gasteiger partial charge < -0.3 is 14.5 Å². The molecule has 0 radical (unpaired) electrons. The van der Waals surface area contributed by atoms with Crippen LogP contribution in [0.1, 0.15) is 24.0 Å². The average Bonchev–Trinajstić information content (AvgIpc) is 3.49. The molecule has 172 valence electrons. The molecule has 0 saturated carbocycles. The van der Waals surface area contributed by atoms with E-state index in [2.05, 4.69) is 10.4 Å². The first-order chi connectivity index (χ1) is 15.8. The topological polar surface area (TPSA) is 72.5 Å². The summed E-state index contributed by atoms with van der Waals surface area (Å²) in [5, 5.41) is 7.18. The van der Waals surface area contributed by atoms with E-state index in [0.29, 0.717) is 6.54 Å². The molecule has 12 heteroatoms. The summed E-state index contributed by atoms with van der Waals surface area (Å²) in [6, 6.07) is 2.99. The van der Waals surface area contributed by atoms with E-state index in [1.165, 1.54) is 23.1 Å². The first-order valence-electron chi connectivity index (χ1n) is 9.67. The zero-order valence-corrected chi connectivity index (χ0v) is 17.9. The summed E-state index contributed by atoms with van der Waals surface area (Å²) in [7, 11) is 0. The Balaban J connectivity index is 1.44. The summed E-state index contributed by atoms with van der Waals surface area (Å²) in [5.41, 5.74) is 0.968. The van der Waals surface area contributed by atoms with E-state index in [-0.39, 0.29) is 40.8 Å². The van der Waals surface area contributed by atoms with Gasteiger partial charge in [-0.05, 0) is 31.3 Å². The Labute approximate surface area is 190 Å². The molecule has 0 atom stereocenters. The van der Waals surface area contributed by atoms with Gasteiger partial charge in [-0.15, -0.1) is 0 Å². The van der Waals surface area contributed by atoms with Crippen LogP contribution in [0.4, 0.5) is 17.6 Å². The molecule has 0 unspecified atom stereocenters. The number of nitrogens with one attached hydrogen (secondary N) is 1. The van der Waals surface area contributed by atoms with Crippen molar-refractivity contribution in [3.63, 3.8) is 0 Å². The molecule has 0 bridgehead atoms. The number of carbonyl (C=O) groups is 1. The van der Waals surface area contributed by atoms with Crippen molar-refractivity contribution in [1.82, 2.24) is 20.0 Å². The Morgan fingerprint density at radius 1 is 1.21 bits per heavy atom. The number of furan rings is 1. The summed E-state index contributed by atoms with van der Waals surface area (Å²) in [5.74, 6) is -7.71. The lowest BCUT2D eigenvalue weighted by molar-refractivity contribution is -0.122. The second kappa shape index (κ2) is 9.06. The van der Waals surface area contributed by atoms with Crippen LogP contribution in [-0.4, -0.2) is 25.7 Å². The van der Waals surface area contributed by atoms with E-state index in [9.17, 15) is 22.4 Å². The normalized spacial score (nSPS) is 14.9. The zero-order valence-electron chi connectivity index (χ0n) is 17.1. The standard InChI is InChI=1S/C21H16F4N4O3S/c1-2-28-8-11(7-26-28)9-29-20(30)16(27-21(29)33)5-12-3-4-13(32-12)10-31-19-17(24)14(22)6-15(23)18(19)25/h3-8H,2,9-10H2,1H3,(H,27,33)/b16-5+. The van der Waals surface area contributed by atoms with Crippen molar-refractivity contribution in [2.75, 3.05) is 0 Å². The van der Waals surface area contributed by atoms with Gasteiger partial charge in [0.2, 0.25) is 11.6 Å². The number of rotatable bonds is 7. The van der Waals surface area contributed by atoms with E-state index in [1.807, 2.05) is 13.1 Å². The SMILES string of the molecule is CCn1cc(CN2C(=O)/C(=C\c3ccc(COc4c(F)c(F)cc(F)c4F)o3)NC2=S)cn1. The molecule has 7 nitrogen and oxygen atoms in total. The van der Waals surface area contributed by atoms with Crippen molar-refractivity contribution in [2.24, 2.45) is 0 Å². The minimum absolute atomic E-state index is 0.0872. The van der Waals surface area contributed by atoms with Crippen molar-refractivity contribution in [2.45, 2.75) is 26.6 Å². The number of thiocarbonyl (C=S) groups is 1. The fraction of sp³-hybridized carbons (Fsp3) is 0.190. The number of nitrogens with zero attached hydrogens (tertiary/aromatic N) is 3. The number of aromatic nitrogens is 2. The molecule has 1 aliphatic heterocycles. The predicted octanol–water partition coefficient (Wildman–Crippen LogP) is 3.89. The first kappa shape index (κ1) is 22.5. The quantitative estimate of drug-likeness (QED) is 0.240. The lowest BCUT2D eigenvalue weighted by atomic mass is 10.3. The molecule has 2 aromatic heterocycles. The molecule has 3 aromatic rings.